The van der Waals surface area contributed by atoms with Crippen molar-refractivity contribution < 1.29 is 4.39 Å². The third-order valence-electron chi connectivity index (χ3n) is 2.07. The Bertz CT molecular complexity index is 478. The second-order valence-corrected chi connectivity index (χ2v) is 3.80. The molecule has 74 valence electrons. The number of pyridine rings is 1. The first kappa shape index (κ1) is 9.40. The number of nitrogens with zero attached hydrogens (tertiary/aromatic N) is 3. The minimum Gasteiger partial charge on any atom is -0.315 e. The molecule has 0 aliphatic heterocycles. The SMILES string of the molecule is CC(Cl)c1nc2cc(F)cnc2n1C. The molecule has 2 heterocycles. The van der Waals surface area contributed by atoms with Gasteiger partial charge in [-0.15, -0.1) is 11.6 Å². The van der Waals surface area contributed by atoms with Gasteiger partial charge in [-0.2, -0.15) is 0 Å². The summed E-state index contributed by atoms with van der Waals surface area (Å²) in [6.07, 6.45) is 1.17. The van der Waals surface area contributed by atoms with Crippen LogP contribution in [0.25, 0.3) is 11.2 Å². The summed E-state index contributed by atoms with van der Waals surface area (Å²) in [6.45, 7) is 1.82. The number of alkyl halides is 1. The molecule has 0 aromatic carbocycles. The number of imidazole rings is 1. The van der Waals surface area contributed by atoms with E-state index in [9.17, 15) is 4.39 Å². The highest BCUT2D eigenvalue weighted by molar-refractivity contribution is 6.20. The lowest BCUT2D eigenvalue weighted by molar-refractivity contribution is 0.623. The lowest BCUT2D eigenvalue weighted by Crippen LogP contribution is -1.98. The summed E-state index contributed by atoms with van der Waals surface area (Å²) in [5.41, 5.74) is 1.18. The molecule has 2 aromatic rings. The highest BCUT2D eigenvalue weighted by Crippen LogP contribution is 2.22. The van der Waals surface area contributed by atoms with Crippen LogP contribution in [0.4, 0.5) is 4.39 Å². The quantitative estimate of drug-likeness (QED) is 0.681. The number of fused-ring (bicyclic) bond motifs is 1. The smallest absolute Gasteiger partial charge is 0.159 e. The van der Waals surface area contributed by atoms with E-state index in [4.69, 9.17) is 11.6 Å². The van der Waals surface area contributed by atoms with E-state index < -0.39 is 0 Å². The van der Waals surface area contributed by atoms with Crippen LogP contribution in [0.1, 0.15) is 18.1 Å². The molecule has 0 fully saturated rings. The second kappa shape index (κ2) is 3.20. The zero-order chi connectivity index (χ0) is 10.3. The normalized spacial score (nSPS) is 13.4. The second-order valence-electron chi connectivity index (χ2n) is 3.14. The van der Waals surface area contributed by atoms with Crippen LogP contribution in [0.2, 0.25) is 0 Å². The molecule has 2 aromatic heterocycles. The van der Waals surface area contributed by atoms with Crippen LogP contribution in [0.3, 0.4) is 0 Å². The minimum atomic E-state index is -0.385. The van der Waals surface area contributed by atoms with E-state index in [0.29, 0.717) is 17.0 Å². The Balaban J connectivity index is 2.73. The van der Waals surface area contributed by atoms with E-state index in [1.54, 1.807) is 4.57 Å². The molecule has 0 spiro atoms. The van der Waals surface area contributed by atoms with E-state index in [2.05, 4.69) is 9.97 Å². The van der Waals surface area contributed by atoms with Crippen LogP contribution in [0, 0.1) is 5.82 Å². The van der Waals surface area contributed by atoms with Gasteiger partial charge in [0.15, 0.2) is 5.65 Å². The molecule has 3 nitrogen and oxygen atoms in total. The van der Waals surface area contributed by atoms with Gasteiger partial charge >= 0.3 is 0 Å². The topological polar surface area (TPSA) is 30.7 Å². The monoisotopic (exact) mass is 213 g/mol. The number of hydrogen-bond acceptors (Lipinski definition) is 2. The standard InChI is InChI=1S/C9H9ClFN3/c1-5(10)8-13-7-3-6(11)4-12-9(7)14(8)2/h3-5H,1-2H3. The van der Waals surface area contributed by atoms with Crippen molar-refractivity contribution in [2.75, 3.05) is 0 Å². The molecule has 0 aliphatic rings. The minimum absolute atomic E-state index is 0.211. The summed E-state index contributed by atoms with van der Waals surface area (Å²) in [6, 6.07) is 1.35. The molecule has 1 atom stereocenters. The zero-order valence-electron chi connectivity index (χ0n) is 7.83. The molecule has 5 heteroatoms. The van der Waals surface area contributed by atoms with Gasteiger partial charge in [-0.05, 0) is 6.92 Å². The van der Waals surface area contributed by atoms with Crippen molar-refractivity contribution in [1.29, 1.82) is 0 Å². The van der Waals surface area contributed by atoms with Gasteiger partial charge in [0, 0.05) is 13.1 Å². The van der Waals surface area contributed by atoms with Gasteiger partial charge in [0.05, 0.1) is 11.6 Å². The number of hydrogen-bond donors (Lipinski definition) is 0. The van der Waals surface area contributed by atoms with Crippen LogP contribution in [-0.4, -0.2) is 14.5 Å². The molecule has 1 unspecified atom stereocenters. The Morgan fingerprint density at radius 1 is 1.57 bits per heavy atom. The highest BCUT2D eigenvalue weighted by Gasteiger charge is 2.13. The summed E-state index contributed by atoms with van der Waals surface area (Å²) < 4.78 is 14.6. The van der Waals surface area contributed by atoms with Crippen LogP contribution in [-0.2, 0) is 7.05 Å². The maximum Gasteiger partial charge on any atom is 0.159 e. The molecule has 14 heavy (non-hydrogen) atoms. The molecule has 0 N–H and O–H groups in total. The average Bonchev–Trinajstić information content (AvgIpc) is 2.43. The molecular formula is C9H9ClFN3. The van der Waals surface area contributed by atoms with Crippen molar-refractivity contribution in [3.63, 3.8) is 0 Å². The zero-order valence-corrected chi connectivity index (χ0v) is 8.59. The number of halogens is 2. The fourth-order valence-electron chi connectivity index (χ4n) is 1.42. The van der Waals surface area contributed by atoms with Crippen molar-refractivity contribution in [3.8, 4) is 0 Å². The third kappa shape index (κ3) is 1.35. The first-order valence-corrected chi connectivity index (χ1v) is 4.65. The Hall–Kier alpha value is -1.16. The Morgan fingerprint density at radius 2 is 2.29 bits per heavy atom. The summed E-state index contributed by atoms with van der Waals surface area (Å²) in [5.74, 6) is 0.309. The average molecular weight is 214 g/mol. The molecule has 0 radical (unpaired) electrons. The van der Waals surface area contributed by atoms with Crippen molar-refractivity contribution in [1.82, 2.24) is 14.5 Å². The van der Waals surface area contributed by atoms with Gasteiger partial charge < -0.3 is 4.57 Å². The largest absolute Gasteiger partial charge is 0.315 e. The van der Waals surface area contributed by atoms with Gasteiger partial charge in [-0.1, -0.05) is 0 Å². The van der Waals surface area contributed by atoms with Crippen LogP contribution >= 0.6 is 11.6 Å². The predicted molar refractivity (Wildman–Crippen MR) is 52.7 cm³/mol. The lowest BCUT2D eigenvalue weighted by atomic mass is 10.4. The van der Waals surface area contributed by atoms with Crippen LogP contribution in [0.15, 0.2) is 12.3 Å². The molecular weight excluding hydrogens is 205 g/mol. The van der Waals surface area contributed by atoms with E-state index in [0.717, 1.165) is 0 Å². The molecule has 0 saturated heterocycles. The van der Waals surface area contributed by atoms with E-state index in [-0.39, 0.29) is 11.2 Å². The van der Waals surface area contributed by atoms with Gasteiger partial charge in [-0.3, -0.25) is 0 Å². The maximum atomic E-state index is 12.8. The van der Waals surface area contributed by atoms with Crippen LogP contribution < -0.4 is 0 Å². The Morgan fingerprint density at radius 3 is 2.93 bits per heavy atom. The maximum absolute atomic E-state index is 12.8. The lowest BCUT2D eigenvalue weighted by Gasteiger charge is -2.01. The third-order valence-corrected chi connectivity index (χ3v) is 2.26. The Kier molecular flexibility index (Phi) is 2.15. The summed E-state index contributed by atoms with van der Waals surface area (Å²) in [4.78, 5) is 8.15. The van der Waals surface area contributed by atoms with E-state index in [1.807, 2.05) is 14.0 Å². The van der Waals surface area contributed by atoms with Crippen LogP contribution in [0.5, 0.6) is 0 Å². The molecule has 0 bridgehead atoms. The molecule has 0 amide bonds. The summed E-state index contributed by atoms with van der Waals surface area (Å²) in [7, 11) is 1.81. The van der Waals surface area contributed by atoms with E-state index in [1.165, 1.54) is 12.3 Å². The van der Waals surface area contributed by atoms with Crippen molar-refractivity contribution >= 4 is 22.8 Å². The van der Waals surface area contributed by atoms with Crippen molar-refractivity contribution in [2.24, 2.45) is 7.05 Å². The summed E-state index contributed by atoms with van der Waals surface area (Å²) in [5, 5.41) is -0.211. The highest BCUT2D eigenvalue weighted by atomic mass is 35.5. The number of aromatic nitrogens is 3. The fourth-order valence-corrected chi connectivity index (χ4v) is 1.62. The molecule has 2 rings (SSSR count). The Labute approximate surface area is 85.5 Å². The van der Waals surface area contributed by atoms with Gasteiger partial charge in [0.1, 0.15) is 17.2 Å². The van der Waals surface area contributed by atoms with E-state index >= 15 is 0 Å². The molecule has 0 aliphatic carbocycles. The fraction of sp³-hybridized carbons (Fsp3) is 0.333. The summed E-state index contributed by atoms with van der Waals surface area (Å²) >= 11 is 5.91. The predicted octanol–water partition coefficient (Wildman–Crippen LogP) is 2.41. The van der Waals surface area contributed by atoms with Crippen molar-refractivity contribution in [2.45, 2.75) is 12.3 Å². The van der Waals surface area contributed by atoms with Gasteiger partial charge in [0.25, 0.3) is 0 Å². The van der Waals surface area contributed by atoms with Gasteiger partial charge in [-0.25, -0.2) is 14.4 Å². The van der Waals surface area contributed by atoms with Crippen molar-refractivity contribution in [3.05, 3.63) is 23.9 Å². The molecule has 0 saturated carbocycles. The number of aryl methyl sites for hydroxylation is 1. The number of rotatable bonds is 1. The first-order chi connectivity index (χ1) is 6.59. The van der Waals surface area contributed by atoms with Gasteiger partial charge in [0.2, 0.25) is 0 Å². The first-order valence-electron chi connectivity index (χ1n) is 4.21.